The van der Waals surface area contributed by atoms with Gasteiger partial charge in [-0.1, -0.05) is 36.4 Å². The standard InChI is InChI=1S/C26H19N3O2/c1-18-15-20(12-13-25(18)31-21-8-6-14-28-17-21)29-26(30)24-11-5-4-10-23(24)22-9-3-2-7-19(22)16-27/h2-15,17H,1H3,(H,29,30). The number of amides is 1. The monoisotopic (exact) mass is 405 g/mol. The zero-order valence-electron chi connectivity index (χ0n) is 16.9. The van der Waals surface area contributed by atoms with Gasteiger partial charge >= 0.3 is 0 Å². The van der Waals surface area contributed by atoms with E-state index in [1.165, 1.54) is 0 Å². The average molecular weight is 405 g/mol. The van der Waals surface area contributed by atoms with Crippen molar-refractivity contribution in [1.29, 1.82) is 5.26 Å². The first-order valence-electron chi connectivity index (χ1n) is 9.74. The van der Waals surface area contributed by atoms with Crippen LogP contribution in [0.5, 0.6) is 11.5 Å². The Morgan fingerprint density at radius 2 is 1.74 bits per heavy atom. The summed E-state index contributed by atoms with van der Waals surface area (Å²) in [6.45, 7) is 1.92. The van der Waals surface area contributed by atoms with E-state index in [2.05, 4.69) is 16.4 Å². The Kier molecular flexibility index (Phi) is 5.72. The Morgan fingerprint density at radius 3 is 2.48 bits per heavy atom. The van der Waals surface area contributed by atoms with E-state index < -0.39 is 0 Å². The molecule has 31 heavy (non-hydrogen) atoms. The predicted octanol–water partition coefficient (Wildman–Crippen LogP) is 5.97. The molecule has 150 valence electrons. The van der Waals surface area contributed by atoms with Gasteiger partial charge in [0.25, 0.3) is 5.91 Å². The molecule has 0 unspecified atom stereocenters. The quantitative estimate of drug-likeness (QED) is 0.444. The molecule has 0 spiro atoms. The topological polar surface area (TPSA) is 75.0 Å². The van der Waals surface area contributed by atoms with Crippen LogP contribution in [0.25, 0.3) is 11.1 Å². The summed E-state index contributed by atoms with van der Waals surface area (Å²) < 4.78 is 5.85. The largest absolute Gasteiger partial charge is 0.455 e. The third-order valence-electron chi connectivity index (χ3n) is 4.80. The summed E-state index contributed by atoms with van der Waals surface area (Å²) in [6.07, 6.45) is 3.33. The number of aromatic nitrogens is 1. The Hall–Kier alpha value is -4.43. The molecule has 0 saturated heterocycles. The molecule has 0 aliphatic rings. The summed E-state index contributed by atoms with van der Waals surface area (Å²) >= 11 is 0. The molecule has 4 rings (SSSR count). The summed E-state index contributed by atoms with van der Waals surface area (Å²) in [4.78, 5) is 17.1. The summed E-state index contributed by atoms with van der Waals surface area (Å²) in [5, 5.41) is 12.4. The lowest BCUT2D eigenvalue weighted by molar-refractivity contribution is 0.102. The Bertz CT molecular complexity index is 1280. The van der Waals surface area contributed by atoms with Crippen LogP contribution in [0.3, 0.4) is 0 Å². The molecule has 0 aliphatic carbocycles. The molecule has 0 saturated carbocycles. The fraction of sp³-hybridized carbons (Fsp3) is 0.0385. The highest BCUT2D eigenvalue weighted by Gasteiger charge is 2.15. The zero-order chi connectivity index (χ0) is 21.6. The second-order valence-corrected chi connectivity index (χ2v) is 6.93. The first kappa shape index (κ1) is 19.9. The number of benzene rings is 3. The van der Waals surface area contributed by atoms with Crippen LogP contribution in [-0.4, -0.2) is 10.9 Å². The van der Waals surface area contributed by atoms with Gasteiger partial charge in [0.05, 0.1) is 17.8 Å². The summed E-state index contributed by atoms with van der Waals surface area (Å²) in [5.74, 6) is 1.09. The summed E-state index contributed by atoms with van der Waals surface area (Å²) in [6, 6.07) is 25.8. The Labute approximate surface area is 180 Å². The molecule has 0 radical (unpaired) electrons. The molecule has 0 bridgehead atoms. The van der Waals surface area contributed by atoms with Crippen molar-refractivity contribution in [1.82, 2.24) is 4.98 Å². The van der Waals surface area contributed by atoms with Crippen LogP contribution in [0.15, 0.2) is 91.3 Å². The molecule has 3 aromatic carbocycles. The number of carbonyl (C=O) groups is 1. The van der Waals surface area contributed by atoms with Crippen LogP contribution in [0.1, 0.15) is 21.5 Å². The Balaban J connectivity index is 1.58. The van der Waals surface area contributed by atoms with Gasteiger partial charge in [0, 0.05) is 23.0 Å². The maximum atomic E-state index is 13.1. The fourth-order valence-corrected chi connectivity index (χ4v) is 3.31. The molecular formula is C26H19N3O2. The van der Waals surface area contributed by atoms with E-state index in [0.29, 0.717) is 33.9 Å². The van der Waals surface area contributed by atoms with Crippen LogP contribution in [0.4, 0.5) is 5.69 Å². The van der Waals surface area contributed by atoms with Gasteiger partial charge in [-0.15, -0.1) is 0 Å². The van der Waals surface area contributed by atoms with Gasteiger partial charge in [-0.3, -0.25) is 9.78 Å². The van der Waals surface area contributed by atoms with Crippen molar-refractivity contribution in [3.8, 4) is 28.7 Å². The van der Waals surface area contributed by atoms with Gasteiger partial charge in [0.1, 0.15) is 11.5 Å². The van der Waals surface area contributed by atoms with Crippen molar-refractivity contribution in [3.63, 3.8) is 0 Å². The number of ether oxygens (including phenoxy) is 1. The number of hydrogen-bond acceptors (Lipinski definition) is 4. The lowest BCUT2D eigenvalue weighted by Crippen LogP contribution is -2.13. The third kappa shape index (κ3) is 4.44. The van der Waals surface area contributed by atoms with Crippen LogP contribution >= 0.6 is 0 Å². The van der Waals surface area contributed by atoms with Crippen molar-refractivity contribution in [2.24, 2.45) is 0 Å². The van der Waals surface area contributed by atoms with E-state index in [4.69, 9.17) is 4.74 Å². The first-order valence-corrected chi connectivity index (χ1v) is 9.74. The van der Waals surface area contributed by atoms with E-state index in [0.717, 1.165) is 11.1 Å². The minimum atomic E-state index is -0.247. The molecular weight excluding hydrogens is 386 g/mol. The average Bonchev–Trinajstić information content (AvgIpc) is 2.81. The first-order chi connectivity index (χ1) is 15.2. The highest BCUT2D eigenvalue weighted by molar-refractivity contribution is 6.09. The number of carbonyl (C=O) groups excluding carboxylic acids is 1. The highest BCUT2D eigenvalue weighted by atomic mass is 16.5. The number of nitrogens with zero attached hydrogens (tertiary/aromatic N) is 2. The highest BCUT2D eigenvalue weighted by Crippen LogP contribution is 2.29. The van der Waals surface area contributed by atoms with Gasteiger partial charge in [-0.05, 0) is 60.5 Å². The lowest BCUT2D eigenvalue weighted by atomic mass is 9.95. The molecule has 4 aromatic rings. The molecule has 0 atom stereocenters. The molecule has 0 aliphatic heterocycles. The second-order valence-electron chi connectivity index (χ2n) is 6.93. The smallest absolute Gasteiger partial charge is 0.256 e. The maximum Gasteiger partial charge on any atom is 0.256 e. The van der Waals surface area contributed by atoms with Crippen molar-refractivity contribution in [2.45, 2.75) is 6.92 Å². The third-order valence-corrected chi connectivity index (χ3v) is 4.80. The van der Waals surface area contributed by atoms with E-state index >= 15 is 0 Å². The number of hydrogen-bond donors (Lipinski definition) is 1. The summed E-state index contributed by atoms with van der Waals surface area (Å²) in [7, 11) is 0. The van der Waals surface area contributed by atoms with E-state index in [1.807, 2.05) is 61.5 Å². The number of pyridine rings is 1. The fourth-order valence-electron chi connectivity index (χ4n) is 3.31. The number of nitriles is 1. The summed E-state index contributed by atoms with van der Waals surface area (Å²) in [5.41, 5.74) is 4.00. The number of nitrogens with one attached hydrogen (secondary N) is 1. The lowest BCUT2D eigenvalue weighted by Gasteiger charge is -2.13. The van der Waals surface area contributed by atoms with Crippen LogP contribution < -0.4 is 10.1 Å². The van der Waals surface area contributed by atoms with E-state index in [9.17, 15) is 10.1 Å². The Morgan fingerprint density at radius 1 is 0.968 bits per heavy atom. The van der Waals surface area contributed by atoms with Crippen molar-refractivity contribution in [3.05, 3.63) is 108 Å². The van der Waals surface area contributed by atoms with Gasteiger partial charge in [-0.25, -0.2) is 0 Å². The second kappa shape index (κ2) is 8.93. The van der Waals surface area contributed by atoms with Crippen LogP contribution in [0, 0.1) is 18.3 Å². The van der Waals surface area contributed by atoms with E-state index in [-0.39, 0.29) is 5.91 Å². The van der Waals surface area contributed by atoms with Crippen LogP contribution in [0.2, 0.25) is 0 Å². The molecule has 1 aromatic heterocycles. The predicted molar refractivity (Wildman–Crippen MR) is 120 cm³/mol. The molecule has 0 fully saturated rings. The minimum absolute atomic E-state index is 0.247. The van der Waals surface area contributed by atoms with Gasteiger partial charge < -0.3 is 10.1 Å². The molecule has 1 heterocycles. The van der Waals surface area contributed by atoms with E-state index in [1.54, 1.807) is 36.7 Å². The van der Waals surface area contributed by atoms with Crippen LogP contribution in [-0.2, 0) is 0 Å². The minimum Gasteiger partial charge on any atom is -0.455 e. The molecule has 5 nitrogen and oxygen atoms in total. The molecule has 1 amide bonds. The van der Waals surface area contributed by atoms with Gasteiger partial charge in [0.2, 0.25) is 0 Å². The maximum absolute atomic E-state index is 13.1. The number of anilines is 1. The van der Waals surface area contributed by atoms with Gasteiger partial charge in [0.15, 0.2) is 0 Å². The van der Waals surface area contributed by atoms with Gasteiger partial charge in [-0.2, -0.15) is 5.26 Å². The normalized spacial score (nSPS) is 10.2. The number of aryl methyl sites for hydroxylation is 1. The number of rotatable bonds is 5. The zero-order valence-corrected chi connectivity index (χ0v) is 16.9. The SMILES string of the molecule is Cc1cc(NC(=O)c2ccccc2-c2ccccc2C#N)ccc1Oc1cccnc1. The molecule has 5 heteroatoms. The van der Waals surface area contributed by atoms with Crippen molar-refractivity contribution in [2.75, 3.05) is 5.32 Å². The van der Waals surface area contributed by atoms with Crippen molar-refractivity contribution >= 4 is 11.6 Å². The van der Waals surface area contributed by atoms with Crippen molar-refractivity contribution < 1.29 is 9.53 Å². The molecule has 1 N–H and O–H groups in total.